The zero-order valence-electron chi connectivity index (χ0n) is 14.1. The zero-order valence-corrected chi connectivity index (χ0v) is 15.0. The number of nitrogens with one attached hydrogen (secondary N) is 1. The van der Waals surface area contributed by atoms with E-state index >= 15 is 0 Å². The Morgan fingerprint density at radius 1 is 1.08 bits per heavy atom. The average molecular weight is 361 g/mol. The van der Waals surface area contributed by atoms with Crippen molar-refractivity contribution in [3.05, 3.63) is 65.2 Å². The smallest absolute Gasteiger partial charge is 0.173 e. The van der Waals surface area contributed by atoms with Gasteiger partial charge < -0.3 is 10.2 Å². The number of aryl methyl sites for hydroxylation is 1. The highest BCUT2D eigenvalue weighted by Gasteiger charge is 2.20. The molecule has 1 N–H and O–H groups in total. The van der Waals surface area contributed by atoms with Gasteiger partial charge in [-0.2, -0.15) is 0 Å². The topological polar surface area (TPSA) is 18.5 Å². The Hall–Kier alpha value is -2.05. The summed E-state index contributed by atoms with van der Waals surface area (Å²) in [5.41, 5.74) is 2.55. The summed E-state index contributed by atoms with van der Waals surface area (Å²) in [4.78, 5) is 4.22. The van der Waals surface area contributed by atoms with Gasteiger partial charge >= 0.3 is 0 Å². The van der Waals surface area contributed by atoms with Gasteiger partial charge in [-0.25, -0.2) is 8.78 Å². The standard InChI is InChI=1S/C19H21F2N3S/c1-14-4-2-6-16(12-14)22-19(25)24-10-8-23(9-11-24)13-15-5-3-7-17(20)18(15)21/h2-7,12H,8-11,13H2,1H3,(H,22,25). The minimum absolute atomic E-state index is 0.397. The minimum Gasteiger partial charge on any atom is -0.346 e. The van der Waals surface area contributed by atoms with Gasteiger partial charge in [-0.1, -0.05) is 24.3 Å². The summed E-state index contributed by atoms with van der Waals surface area (Å²) in [6.45, 7) is 5.48. The summed E-state index contributed by atoms with van der Waals surface area (Å²) >= 11 is 5.49. The molecule has 0 radical (unpaired) electrons. The molecule has 25 heavy (non-hydrogen) atoms. The Morgan fingerprint density at radius 2 is 1.80 bits per heavy atom. The molecule has 1 fully saturated rings. The first kappa shape index (κ1) is 17.8. The van der Waals surface area contributed by atoms with E-state index in [1.54, 1.807) is 12.1 Å². The van der Waals surface area contributed by atoms with Gasteiger partial charge in [0.2, 0.25) is 0 Å². The Balaban J connectivity index is 1.53. The number of anilines is 1. The highest BCUT2D eigenvalue weighted by Crippen LogP contribution is 2.16. The van der Waals surface area contributed by atoms with Crippen molar-refractivity contribution < 1.29 is 8.78 Å². The second kappa shape index (κ2) is 7.89. The third kappa shape index (κ3) is 4.52. The number of halogens is 2. The van der Waals surface area contributed by atoms with Crippen LogP contribution in [0.4, 0.5) is 14.5 Å². The van der Waals surface area contributed by atoms with Crippen LogP contribution in [0.2, 0.25) is 0 Å². The van der Waals surface area contributed by atoms with Crippen LogP contribution in [0.3, 0.4) is 0 Å². The van der Waals surface area contributed by atoms with Crippen molar-refractivity contribution in [3.63, 3.8) is 0 Å². The van der Waals surface area contributed by atoms with E-state index in [9.17, 15) is 8.78 Å². The summed E-state index contributed by atoms with van der Waals surface area (Å²) < 4.78 is 27.1. The molecule has 1 heterocycles. The predicted octanol–water partition coefficient (Wildman–Crippen LogP) is 3.79. The first-order chi connectivity index (χ1) is 12.0. The maximum atomic E-state index is 13.8. The number of hydrogen-bond donors (Lipinski definition) is 1. The molecule has 1 aliphatic rings. The van der Waals surface area contributed by atoms with Crippen LogP contribution in [-0.2, 0) is 6.54 Å². The van der Waals surface area contributed by atoms with E-state index in [0.29, 0.717) is 17.2 Å². The number of thiocarbonyl (C=S) groups is 1. The lowest BCUT2D eigenvalue weighted by Gasteiger charge is -2.36. The highest BCUT2D eigenvalue weighted by atomic mass is 32.1. The molecule has 132 valence electrons. The van der Waals surface area contributed by atoms with Gasteiger partial charge in [0.15, 0.2) is 16.7 Å². The maximum Gasteiger partial charge on any atom is 0.173 e. The largest absolute Gasteiger partial charge is 0.346 e. The summed E-state index contributed by atoms with van der Waals surface area (Å²) in [6.07, 6.45) is 0. The maximum absolute atomic E-state index is 13.8. The van der Waals surface area contributed by atoms with Crippen molar-refractivity contribution in [2.45, 2.75) is 13.5 Å². The molecule has 1 aliphatic heterocycles. The van der Waals surface area contributed by atoms with Crippen LogP contribution in [0.1, 0.15) is 11.1 Å². The first-order valence-corrected chi connectivity index (χ1v) is 8.71. The molecule has 2 aromatic rings. The number of hydrogen-bond acceptors (Lipinski definition) is 2. The predicted molar refractivity (Wildman–Crippen MR) is 101 cm³/mol. The van der Waals surface area contributed by atoms with Crippen LogP contribution in [0.15, 0.2) is 42.5 Å². The molecule has 0 atom stereocenters. The van der Waals surface area contributed by atoms with Crippen molar-refractivity contribution in [2.75, 3.05) is 31.5 Å². The van der Waals surface area contributed by atoms with Gasteiger partial charge in [0, 0.05) is 44.0 Å². The van der Waals surface area contributed by atoms with E-state index in [2.05, 4.69) is 21.2 Å². The quantitative estimate of drug-likeness (QED) is 0.838. The number of piperazine rings is 1. The number of benzene rings is 2. The van der Waals surface area contributed by atoms with Crippen LogP contribution in [-0.4, -0.2) is 41.1 Å². The number of rotatable bonds is 3. The fourth-order valence-electron chi connectivity index (χ4n) is 2.95. The molecule has 0 amide bonds. The van der Waals surface area contributed by atoms with E-state index < -0.39 is 11.6 Å². The van der Waals surface area contributed by atoms with Gasteiger partial charge in [0.05, 0.1) is 0 Å². The molecule has 3 nitrogen and oxygen atoms in total. The van der Waals surface area contributed by atoms with Crippen molar-refractivity contribution in [1.82, 2.24) is 9.80 Å². The number of nitrogens with zero attached hydrogens (tertiary/aromatic N) is 2. The van der Waals surface area contributed by atoms with Gasteiger partial charge in [0.25, 0.3) is 0 Å². The van der Waals surface area contributed by atoms with E-state index in [-0.39, 0.29) is 0 Å². The average Bonchev–Trinajstić information content (AvgIpc) is 2.59. The van der Waals surface area contributed by atoms with Gasteiger partial charge in [-0.3, -0.25) is 4.90 Å². The monoisotopic (exact) mass is 361 g/mol. The van der Waals surface area contributed by atoms with Crippen LogP contribution in [0, 0.1) is 18.6 Å². The second-order valence-electron chi connectivity index (χ2n) is 6.28. The Morgan fingerprint density at radius 3 is 2.52 bits per heavy atom. The Labute approximate surface area is 152 Å². The van der Waals surface area contributed by atoms with E-state index in [1.807, 2.05) is 25.1 Å². The van der Waals surface area contributed by atoms with Crippen LogP contribution >= 0.6 is 12.2 Å². The molecule has 2 aromatic carbocycles. The molecule has 0 aliphatic carbocycles. The lowest BCUT2D eigenvalue weighted by Crippen LogP contribution is -2.49. The van der Waals surface area contributed by atoms with Crippen molar-refractivity contribution >= 4 is 23.0 Å². The van der Waals surface area contributed by atoms with Crippen molar-refractivity contribution in [3.8, 4) is 0 Å². The van der Waals surface area contributed by atoms with Crippen molar-refractivity contribution in [2.24, 2.45) is 0 Å². The fraction of sp³-hybridized carbons (Fsp3) is 0.316. The van der Waals surface area contributed by atoms with Gasteiger partial charge in [0.1, 0.15) is 0 Å². The first-order valence-electron chi connectivity index (χ1n) is 8.31. The third-order valence-electron chi connectivity index (χ3n) is 4.35. The molecule has 0 spiro atoms. The van der Waals surface area contributed by atoms with E-state index in [1.165, 1.54) is 5.56 Å². The second-order valence-corrected chi connectivity index (χ2v) is 6.66. The molecule has 0 bridgehead atoms. The Kier molecular flexibility index (Phi) is 5.60. The molecule has 0 unspecified atom stereocenters. The van der Waals surface area contributed by atoms with Gasteiger partial charge in [-0.15, -0.1) is 0 Å². The van der Waals surface area contributed by atoms with Crippen LogP contribution in [0.25, 0.3) is 0 Å². The molecular weight excluding hydrogens is 340 g/mol. The molecule has 3 rings (SSSR count). The molecular formula is C19H21F2N3S. The van der Waals surface area contributed by atoms with Crippen LogP contribution < -0.4 is 5.32 Å². The summed E-state index contributed by atoms with van der Waals surface area (Å²) in [7, 11) is 0. The molecule has 1 saturated heterocycles. The normalized spacial score (nSPS) is 15.2. The third-order valence-corrected chi connectivity index (χ3v) is 4.71. The summed E-state index contributed by atoms with van der Waals surface area (Å²) in [5.74, 6) is -1.54. The van der Waals surface area contributed by atoms with E-state index in [4.69, 9.17) is 12.2 Å². The molecule has 6 heteroatoms. The zero-order chi connectivity index (χ0) is 17.8. The van der Waals surface area contributed by atoms with E-state index in [0.717, 1.165) is 37.9 Å². The minimum atomic E-state index is -0.792. The lowest BCUT2D eigenvalue weighted by molar-refractivity contribution is 0.175. The molecule has 0 saturated carbocycles. The van der Waals surface area contributed by atoms with Crippen LogP contribution in [0.5, 0.6) is 0 Å². The summed E-state index contributed by atoms with van der Waals surface area (Å²) in [5, 5.41) is 3.96. The van der Waals surface area contributed by atoms with Crippen molar-refractivity contribution in [1.29, 1.82) is 0 Å². The SMILES string of the molecule is Cc1cccc(NC(=S)N2CCN(Cc3cccc(F)c3F)CC2)c1. The highest BCUT2D eigenvalue weighted by molar-refractivity contribution is 7.80. The Bertz CT molecular complexity index is 758. The fourth-order valence-corrected chi connectivity index (χ4v) is 3.25. The molecule has 0 aromatic heterocycles. The summed E-state index contributed by atoms with van der Waals surface area (Å²) in [6, 6.07) is 12.4. The lowest BCUT2D eigenvalue weighted by atomic mass is 10.1. The van der Waals surface area contributed by atoms with Gasteiger partial charge in [-0.05, 0) is 42.9 Å².